The van der Waals surface area contributed by atoms with Crippen molar-refractivity contribution in [1.82, 2.24) is 10.3 Å². The highest BCUT2D eigenvalue weighted by molar-refractivity contribution is 5.92. The van der Waals surface area contributed by atoms with Crippen molar-refractivity contribution >= 4 is 5.91 Å². The SMILES string of the molecule is O=C(NC(C1CC1)C1CC1)c1ccccn1. The smallest absolute Gasteiger partial charge is 0.270 e. The zero-order valence-corrected chi connectivity index (χ0v) is 9.23. The highest BCUT2D eigenvalue weighted by Gasteiger charge is 2.42. The predicted octanol–water partition coefficient (Wildman–Crippen LogP) is 2.00. The van der Waals surface area contributed by atoms with Crippen molar-refractivity contribution in [1.29, 1.82) is 0 Å². The molecule has 2 aliphatic rings. The van der Waals surface area contributed by atoms with Gasteiger partial charge in [0, 0.05) is 12.2 Å². The highest BCUT2D eigenvalue weighted by atomic mass is 16.1. The molecule has 0 atom stereocenters. The van der Waals surface area contributed by atoms with E-state index in [0.29, 0.717) is 11.7 Å². The van der Waals surface area contributed by atoms with E-state index in [0.717, 1.165) is 11.8 Å². The van der Waals surface area contributed by atoms with E-state index in [1.807, 2.05) is 12.1 Å². The van der Waals surface area contributed by atoms with E-state index in [-0.39, 0.29) is 5.91 Å². The van der Waals surface area contributed by atoms with Gasteiger partial charge in [0.15, 0.2) is 0 Å². The van der Waals surface area contributed by atoms with Gasteiger partial charge in [-0.3, -0.25) is 9.78 Å². The van der Waals surface area contributed by atoms with Crippen LogP contribution in [0.3, 0.4) is 0 Å². The van der Waals surface area contributed by atoms with Gasteiger partial charge in [-0.05, 0) is 49.7 Å². The molecule has 1 heterocycles. The van der Waals surface area contributed by atoms with Gasteiger partial charge in [-0.15, -0.1) is 0 Å². The summed E-state index contributed by atoms with van der Waals surface area (Å²) in [7, 11) is 0. The molecule has 0 spiro atoms. The van der Waals surface area contributed by atoms with Crippen molar-refractivity contribution in [3.8, 4) is 0 Å². The molecule has 0 bridgehead atoms. The molecular weight excluding hydrogens is 200 g/mol. The number of nitrogens with one attached hydrogen (secondary N) is 1. The van der Waals surface area contributed by atoms with E-state index in [9.17, 15) is 4.79 Å². The van der Waals surface area contributed by atoms with Crippen molar-refractivity contribution in [2.24, 2.45) is 11.8 Å². The largest absolute Gasteiger partial charge is 0.347 e. The molecule has 3 heteroatoms. The second kappa shape index (κ2) is 3.89. The van der Waals surface area contributed by atoms with E-state index >= 15 is 0 Å². The first kappa shape index (κ1) is 9.82. The molecule has 2 aliphatic carbocycles. The molecule has 1 N–H and O–H groups in total. The Hall–Kier alpha value is -1.38. The van der Waals surface area contributed by atoms with Crippen LogP contribution in [0.1, 0.15) is 36.2 Å². The topological polar surface area (TPSA) is 42.0 Å². The average Bonchev–Trinajstić information content (AvgIpc) is 3.19. The maximum Gasteiger partial charge on any atom is 0.270 e. The molecule has 1 aromatic rings. The van der Waals surface area contributed by atoms with E-state index in [1.165, 1.54) is 25.7 Å². The molecule has 84 valence electrons. The number of hydrogen-bond donors (Lipinski definition) is 1. The molecule has 3 nitrogen and oxygen atoms in total. The Morgan fingerprint density at radius 2 is 1.94 bits per heavy atom. The minimum Gasteiger partial charge on any atom is -0.347 e. The number of amides is 1. The summed E-state index contributed by atoms with van der Waals surface area (Å²) in [6, 6.07) is 5.86. The molecule has 1 amide bonds. The standard InChI is InChI=1S/C13H16N2O/c16-13(11-3-1-2-8-14-11)15-12(9-4-5-9)10-6-7-10/h1-3,8-10,12H,4-7H2,(H,15,16). The number of aromatic nitrogens is 1. The summed E-state index contributed by atoms with van der Waals surface area (Å²) in [4.78, 5) is 16.0. The molecule has 0 aromatic carbocycles. The fourth-order valence-corrected chi connectivity index (χ4v) is 2.25. The monoisotopic (exact) mass is 216 g/mol. The number of carbonyl (C=O) groups is 1. The Bertz CT molecular complexity index is 370. The van der Waals surface area contributed by atoms with E-state index in [1.54, 1.807) is 12.3 Å². The molecule has 2 saturated carbocycles. The molecule has 1 aromatic heterocycles. The number of nitrogens with zero attached hydrogens (tertiary/aromatic N) is 1. The van der Waals surface area contributed by atoms with Crippen molar-refractivity contribution < 1.29 is 4.79 Å². The Morgan fingerprint density at radius 1 is 1.25 bits per heavy atom. The molecule has 0 aliphatic heterocycles. The van der Waals surface area contributed by atoms with Crippen LogP contribution >= 0.6 is 0 Å². The Labute approximate surface area is 95.3 Å². The summed E-state index contributed by atoms with van der Waals surface area (Å²) >= 11 is 0. The van der Waals surface area contributed by atoms with Gasteiger partial charge in [0.2, 0.25) is 0 Å². The third-order valence-electron chi connectivity index (χ3n) is 3.46. The molecule has 0 unspecified atom stereocenters. The van der Waals surface area contributed by atoms with Crippen LogP contribution in [-0.2, 0) is 0 Å². The minimum atomic E-state index is -0.00981. The zero-order chi connectivity index (χ0) is 11.0. The fourth-order valence-electron chi connectivity index (χ4n) is 2.25. The van der Waals surface area contributed by atoms with Gasteiger partial charge in [-0.1, -0.05) is 6.07 Å². The van der Waals surface area contributed by atoms with Crippen LogP contribution < -0.4 is 5.32 Å². The Kier molecular flexibility index (Phi) is 2.39. The first-order chi connectivity index (χ1) is 7.84. The summed E-state index contributed by atoms with van der Waals surface area (Å²) in [5.41, 5.74) is 0.536. The lowest BCUT2D eigenvalue weighted by molar-refractivity contribution is 0.0921. The number of carbonyl (C=O) groups excluding carboxylic acids is 1. The summed E-state index contributed by atoms with van der Waals surface area (Å²) in [5.74, 6) is 1.46. The molecule has 16 heavy (non-hydrogen) atoms. The van der Waals surface area contributed by atoms with Gasteiger partial charge < -0.3 is 5.32 Å². The fraction of sp³-hybridized carbons (Fsp3) is 0.538. The zero-order valence-electron chi connectivity index (χ0n) is 9.23. The van der Waals surface area contributed by atoms with E-state index < -0.39 is 0 Å². The van der Waals surface area contributed by atoms with Crippen molar-refractivity contribution in [3.63, 3.8) is 0 Å². The third-order valence-corrected chi connectivity index (χ3v) is 3.46. The van der Waals surface area contributed by atoms with E-state index in [4.69, 9.17) is 0 Å². The van der Waals surface area contributed by atoms with Gasteiger partial charge in [0.25, 0.3) is 5.91 Å². The quantitative estimate of drug-likeness (QED) is 0.836. The van der Waals surface area contributed by atoms with Gasteiger partial charge in [-0.25, -0.2) is 0 Å². The van der Waals surface area contributed by atoms with Crippen molar-refractivity contribution in [2.45, 2.75) is 31.7 Å². The van der Waals surface area contributed by atoms with Gasteiger partial charge in [-0.2, -0.15) is 0 Å². The normalized spacial score (nSPS) is 19.8. The third kappa shape index (κ3) is 2.08. The van der Waals surface area contributed by atoms with Crippen LogP contribution in [-0.4, -0.2) is 16.9 Å². The summed E-state index contributed by atoms with van der Waals surface area (Å²) in [6.07, 6.45) is 6.79. The van der Waals surface area contributed by atoms with Crippen LogP contribution in [0.4, 0.5) is 0 Å². The molecular formula is C13H16N2O. The van der Waals surface area contributed by atoms with Crippen LogP contribution in [0.15, 0.2) is 24.4 Å². The minimum absolute atomic E-state index is 0.00981. The van der Waals surface area contributed by atoms with Crippen molar-refractivity contribution in [3.05, 3.63) is 30.1 Å². The predicted molar refractivity (Wildman–Crippen MR) is 60.9 cm³/mol. The summed E-state index contributed by atoms with van der Waals surface area (Å²) in [5, 5.41) is 3.16. The molecule has 0 saturated heterocycles. The first-order valence-corrected chi connectivity index (χ1v) is 6.06. The number of rotatable bonds is 4. The summed E-state index contributed by atoms with van der Waals surface area (Å²) < 4.78 is 0. The lowest BCUT2D eigenvalue weighted by atomic mass is 10.1. The summed E-state index contributed by atoms with van der Waals surface area (Å²) in [6.45, 7) is 0. The second-order valence-corrected chi connectivity index (χ2v) is 4.89. The Balaban J connectivity index is 1.66. The van der Waals surface area contributed by atoms with Crippen LogP contribution in [0.2, 0.25) is 0 Å². The van der Waals surface area contributed by atoms with Gasteiger partial charge in [0.05, 0.1) is 0 Å². The maximum atomic E-state index is 11.9. The van der Waals surface area contributed by atoms with Crippen LogP contribution in [0, 0.1) is 11.8 Å². The molecule has 2 fully saturated rings. The average molecular weight is 216 g/mol. The highest BCUT2D eigenvalue weighted by Crippen LogP contribution is 2.44. The second-order valence-electron chi connectivity index (χ2n) is 4.89. The van der Waals surface area contributed by atoms with Gasteiger partial charge >= 0.3 is 0 Å². The first-order valence-electron chi connectivity index (χ1n) is 6.06. The Morgan fingerprint density at radius 3 is 2.44 bits per heavy atom. The van der Waals surface area contributed by atoms with E-state index in [2.05, 4.69) is 10.3 Å². The maximum absolute atomic E-state index is 11.9. The lowest BCUT2D eigenvalue weighted by Crippen LogP contribution is -2.38. The number of hydrogen-bond acceptors (Lipinski definition) is 2. The van der Waals surface area contributed by atoms with Crippen LogP contribution in [0.5, 0.6) is 0 Å². The molecule has 0 radical (unpaired) electrons. The lowest BCUT2D eigenvalue weighted by Gasteiger charge is -2.17. The van der Waals surface area contributed by atoms with Crippen LogP contribution in [0.25, 0.3) is 0 Å². The number of pyridine rings is 1. The molecule has 3 rings (SSSR count). The van der Waals surface area contributed by atoms with Gasteiger partial charge in [0.1, 0.15) is 5.69 Å². The van der Waals surface area contributed by atoms with Crippen molar-refractivity contribution in [2.75, 3.05) is 0 Å².